The fourth-order valence-electron chi connectivity index (χ4n) is 9.10. The second-order valence-electron chi connectivity index (χ2n) is 13.8. The highest BCUT2D eigenvalue weighted by Gasteiger charge is 2.64. The number of ketones is 1. The first-order chi connectivity index (χ1) is 16.6. The maximum absolute atomic E-state index is 12.4. The molecule has 3 fully saturated rings. The van der Waals surface area contributed by atoms with Crippen LogP contribution in [0, 0.1) is 34.5 Å². The van der Waals surface area contributed by atoms with Gasteiger partial charge < -0.3 is 10.0 Å². The fourth-order valence-corrected chi connectivity index (χ4v) is 9.10. The van der Waals surface area contributed by atoms with Crippen molar-refractivity contribution in [2.75, 3.05) is 20.1 Å². The van der Waals surface area contributed by atoms with E-state index in [1.807, 2.05) is 0 Å². The van der Waals surface area contributed by atoms with E-state index < -0.39 is 5.60 Å². The van der Waals surface area contributed by atoms with Gasteiger partial charge in [-0.1, -0.05) is 58.4 Å². The Morgan fingerprint density at radius 3 is 2.40 bits per heavy atom. The Bertz CT molecular complexity index is 772. The normalized spacial score (nSPS) is 40.9. The van der Waals surface area contributed by atoms with Crippen molar-refractivity contribution in [2.45, 2.75) is 130 Å². The molecule has 0 heterocycles. The average molecular weight is 486 g/mol. The molecule has 0 saturated heterocycles. The molecule has 35 heavy (non-hydrogen) atoms. The van der Waals surface area contributed by atoms with Gasteiger partial charge >= 0.3 is 0 Å². The molecule has 3 heteroatoms. The highest BCUT2D eigenvalue weighted by Crippen LogP contribution is 2.69. The maximum Gasteiger partial charge on any atom is 0.155 e. The molecule has 200 valence electrons. The van der Waals surface area contributed by atoms with E-state index in [1.165, 1.54) is 82.9 Å². The fraction of sp³-hybridized carbons (Fsp3) is 0.906. The van der Waals surface area contributed by atoms with Crippen molar-refractivity contribution in [1.29, 1.82) is 0 Å². The number of allylic oxidation sites excluding steroid dienone is 1. The molecule has 0 aliphatic heterocycles. The van der Waals surface area contributed by atoms with Crippen LogP contribution in [-0.2, 0) is 4.79 Å². The van der Waals surface area contributed by atoms with Crippen molar-refractivity contribution in [1.82, 2.24) is 4.90 Å². The van der Waals surface area contributed by atoms with Crippen LogP contribution in [0.4, 0.5) is 0 Å². The molecule has 4 aliphatic carbocycles. The molecule has 0 amide bonds. The Balaban J connectivity index is 1.38. The Morgan fingerprint density at radius 2 is 1.63 bits per heavy atom. The van der Waals surface area contributed by atoms with E-state index in [0.29, 0.717) is 23.5 Å². The van der Waals surface area contributed by atoms with Crippen molar-refractivity contribution >= 4 is 5.78 Å². The van der Waals surface area contributed by atoms with Crippen LogP contribution in [0.3, 0.4) is 0 Å². The number of rotatable bonds is 11. The predicted molar refractivity (Wildman–Crippen MR) is 146 cm³/mol. The maximum atomic E-state index is 12.4. The summed E-state index contributed by atoms with van der Waals surface area (Å²) >= 11 is 0. The highest BCUT2D eigenvalue weighted by atomic mass is 16.3. The number of aliphatic hydroxyl groups is 1. The van der Waals surface area contributed by atoms with E-state index in [0.717, 1.165) is 38.0 Å². The molecule has 3 nitrogen and oxygen atoms in total. The van der Waals surface area contributed by atoms with Gasteiger partial charge in [-0.3, -0.25) is 4.79 Å². The Hall–Kier alpha value is -0.670. The second-order valence-corrected chi connectivity index (χ2v) is 13.8. The smallest absolute Gasteiger partial charge is 0.155 e. The van der Waals surface area contributed by atoms with E-state index in [9.17, 15) is 9.90 Å². The first-order valence-corrected chi connectivity index (χ1v) is 15.3. The summed E-state index contributed by atoms with van der Waals surface area (Å²) in [6.07, 6.45) is 20.2. The highest BCUT2D eigenvalue weighted by molar-refractivity contribution is 5.91. The molecule has 7 atom stereocenters. The van der Waals surface area contributed by atoms with Crippen molar-refractivity contribution in [3.8, 4) is 0 Å². The molecule has 0 aromatic heterocycles. The van der Waals surface area contributed by atoms with Gasteiger partial charge in [0, 0.05) is 6.42 Å². The summed E-state index contributed by atoms with van der Waals surface area (Å²) in [5.74, 6) is 3.14. The molecule has 0 aromatic rings. The van der Waals surface area contributed by atoms with Gasteiger partial charge in [-0.25, -0.2) is 0 Å². The minimum absolute atomic E-state index is 0.0677. The summed E-state index contributed by atoms with van der Waals surface area (Å²) < 4.78 is 0. The summed E-state index contributed by atoms with van der Waals surface area (Å²) in [6.45, 7) is 11.8. The summed E-state index contributed by atoms with van der Waals surface area (Å²) in [4.78, 5) is 14.9. The van der Waals surface area contributed by atoms with E-state index in [1.54, 1.807) is 0 Å². The van der Waals surface area contributed by atoms with Gasteiger partial charge in [0.2, 0.25) is 0 Å². The third kappa shape index (κ3) is 5.33. The number of hydrogen-bond acceptors (Lipinski definition) is 3. The van der Waals surface area contributed by atoms with Gasteiger partial charge in [0.05, 0.1) is 5.60 Å². The topological polar surface area (TPSA) is 40.5 Å². The van der Waals surface area contributed by atoms with Crippen LogP contribution in [-0.4, -0.2) is 41.5 Å². The third-order valence-electron chi connectivity index (χ3n) is 11.7. The monoisotopic (exact) mass is 485 g/mol. The molecule has 3 saturated carbocycles. The van der Waals surface area contributed by atoms with Gasteiger partial charge in [-0.05, 0) is 125 Å². The van der Waals surface area contributed by atoms with Crippen LogP contribution >= 0.6 is 0 Å². The van der Waals surface area contributed by atoms with Crippen molar-refractivity contribution in [3.05, 3.63) is 11.6 Å². The van der Waals surface area contributed by atoms with Gasteiger partial charge in [-0.15, -0.1) is 0 Å². The SMILES string of the molecule is CCCCN(C)CCCCCCCC1CC2=CC(=O)CC[C@]2(C)[C@@H]2CC[C@@]3(C)[C@@H](CCC3(C)O)[C@H]12. The first kappa shape index (κ1) is 27.4. The Morgan fingerprint density at radius 1 is 0.943 bits per heavy atom. The molecule has 1 N–H and O–H groups in total. The lowest BCUT2D eigenvalue weighted by Gasteiger charge is -2.61. The number of carbonyl (C=O) groups is 1. The zero-order chi connectivity index (χ0) is 25.3. The lowest BCUT2D eigenvalue weighted by molar-refractivity contribution is -0.135. The molecular weight excluding hydrogens is 430 g/mol. The molecule has 0 radical (unpaired) electrons. The standard InChI is InChI=1S/C32H55NO2/c1-6-7-20-33(5)21-12-10-8-9-11-13-24-22-25-23-26(34)14-17-30(25,2)27-15-18-31(3)28(29(24)27)16-19-32(31,4)35/h23-24,27-29,35H,6-22H2,1-5H3/t24?,27-,28+,29-,30+,31+,32?/m1/s1. The number of fused-ring (bicyclic) bond motifs is 5. The van der Waals surface area contributed by atoms with Crippen LogP contribution in [0.5, 0.6) is 0 Å². The molecule has 4 aliphatic rings. The van der Waals surface area contributed by atoms with Crippen LogP contribution in [0.25, 0.3) is 0 Å². The van der Waals surface area contributed by atoms with E-state index >= 15 is 0 Å². The van der Waals surface area contributed by atoms with Gasteiger partial charge in [0.1, 0.15) is 0 Å². The van der Waals surface area contributed by atoms with E-state index in [4.69, 9.17) is 0 Å². The van der Waals surface area contributed by atoms with E-state index in [2.05, 4.69) is 45.7 Å². The molecule has 0 bridgehead atoms. The number of carbonyl (C=O) groups excluding carboxylic acids is 1. The Labute approximate surface area is 216 Å². The predicted octanol–water partition coefficient (Wildman–Crippen LogP) is 7.57. The van der Waals surface area contributed by atoms with Gasteiger partial charge in [0.15, 0.2) is 5.78 Å². The number of hydrogen-bond donors (Lipinski definition) is 1. The third-order valence-corrected chi connectivity index (χ3v) is 11.7. The average Bonchev–Trinajstić information content (AvgIpc) is 3.06. The van der Waals surface area contributed by atoms with Crippen molar-refractivity contribution in [3.63, 3.8) is 0 Å². The second kappa shape index (κ2) is 11.0. The zero-order valence-electron chi connectivity index (χ0n) is 23.7. The molecule has 0 aromatic carbocycles. The largest absolute Gasteiger partial charge is 0.390 e. The number of unbranched alkanes of at least 4 members (excludes halogenated alkanes) is 5. The lowest BCUT2D eigenvalue weighted by atomic mass is 9.44. The summed E-state index contributed by atoms with van der Waals surface area (Å²) in [6, 6.07) is 0. The van der Waals surface area contributed by atoms with Crippen LogP contribution in [0.15, 0.2) is 11.6 Å². The zero-order valence-corrected chi connectivity index (χ0v) is 23.7. The minimum atomic E-state index is -0.517. The van der Waals surface area contributed by atoms with Gasteiger partial charge in [-0.2, -0.15) is 0 Å². The lowest BCUT2D eigenvalue weighted by Crippen LogP contribution is -2.56. The van der Waals surface area contributed by atoms with Crippen molar-refractivity contribution in [2.24, 2.45) is 34.5 Å². The molecule has 2 unspecified atom stereocenters. The minimum Gasteiger partial charge on any atom is -0.390 e. The molecular formula is C32H55NO2. The Kier molecular flexibility index (Phi) is 8.58. The summed E-state index contributed by atoms with van der Waals surface area (Å²) in [7, 11) is 2.27. The van der Waals surface area contributed by atoms with Gasteiger partial charge in [0.25, 0.3) is 0 Å². The first-order valence-electron chi connectivity index (χ1n) is 15.3. The molecule has 4 rings (SSSR count). The van der Waals surface area contributed by atoms with Crippen LogP contribution < -0.4 is 0 Å². The van der Waals surface area contributed by atoms with Crippen LogP contribution in [0.1, 0.15) is 124 Å². The summed E-state index contributed by atoms with van der Waals surface area (Å²) in [5, 5.41) is 11.4. The summed E-state index contributed by atoms with van der Waals surface area (Å²) in [5.41, 5.74) is 1.26. The quantitative estimate of drug-likeness (QED) is 0.307. The van der Waals surface area contributed by atoms with E-state index in [-0.39, 0.29) is 10.8 Å². The number of nitrogens with zero attached hydrogens (tertiary/aromatic N) is 1. The van der Waals surface area contributed by atoms with Crippen LogP contribution in [0.2, 0.25) is 0 Å². The van der Waals surface area contributed by atoms with Crippen molar-refractivity contribution < 1.29 is 9.90 Å². The molecule has 0 spiro atoms.